The molecular formula is C29H23FN2O4. The molecule has 0 aliphatic carbocycles. The largest absolute Gasteiger partial charge is 0.484 e. The summed E-state index contributed by atoms with van der Waals surface area (Å²) in [6.45, 7) is 5.44. The Morgan fingerprint density at radius 2 is 1.83 bits per heavy atom. The Labute approximate surface area is 206 Å². The van der Waals surface area contributed by atoms with E-state index in [0.717, 1.165) is 5.56 Å². The number of H-pyrrole nitrogens is 1. The number of benzene rings is 2. The normalized spacial score (nSPS) is 12.0. The molecule has 5 rings (SSSR count). The van der Waals surface area contributed by atoms with Crippen LogP contribution in [0.15, 0.2) is 87.1 Å². The first-order valence-electron chi connectivity index (χ1n) is 11.5. The first-order valence-corrected chi connectivity index (χ1v) is 11.5. The lowest BCUT2D eigenvalue weighted by Crippen LogP contribution is -2.12. The van der Waals surface area contributed by atoms with Crippen LogP contribution in [0.2, 0.25) is 0 Å². The Morgan fingerprint density at radius 3 is 2.58 bits per heavy atom. The molecule has 0 spiro atoms. The van der Waals surface area contributed by atoms with Gasteiger partial charge in [-0.3, -0.25) is 14.6 Å². The number of aromatic nitrogens is 2. The first kappa shape index (κ1) is 23.2. The zero-order valence-corrected chi connectivity index (χ0v) is 20.0. The summed E-state index contributed by atoms with van der Waals surface area (Å²) in [5.74, 6) is 0.372. The van der Waals surface area contributed by atoms with Gasteiger partial charge in [-0.15, -0.1) is 0 Å². The summed E-state index contributed by atoms with van der Waals surface area (Å²) in [5, 5.41) is 0.437. The van der Waals surface area contributed by atoms with E-state index in [1.54, 1.807) is 55.6 Å². The van der Waals surface area contributed by atoms with Crippen LogP contribution >= 0.6 is 0 Å². The van der Waals surface area contributed by atoms with Crippen LogP contribution in [0.4, 0.5) is 4.39 Å². The van der Waals surface area contributed by atoms with Crippen LogP contribution in [0.5, 0.6) is 5.75 Å². The van der Waals surface area contributed by atoms with Crippen LogP contribution in [0.1, 0.15) is 29.7 Å². The predicted octanol–water partition coefficient (Wildman–Crippen LogP) is 6.11. The number of nitrogens with one attached hydrogen (secondary N) is 1. The van der Waals surface area contributed by atoms with Crippen molar-refractivity contribution in [1.82, 2.24) is 9.97 Å². The Hall–Kier alpha value is -4.52. The maximum atomic E-state index is 14.5. The van der Waals surface area contributed by atoms with Crippen molar-refractivity contribution in [3.05, 3.63) is 116 Å². The van der Waals surface area contributed by atoms with Crippen molar-refractivity contribution in [2.45, 2.75) is 26.9 Å². The van der Waals surface area contributed by atoms with E-state index < -0.39 is 11.9 Å². The molecular weight excluding hydrogens is 459 g/mol. The van der Waals surface area contributed by atoms with Crippen LogP contribution in [0.25, 0.3) is 33.6 Å². The van der Waals surface area contributed by atoms with E-state index in [1.165, 1.54) is 18.3 Å². The van der Waals surface area contributed by atoms with E-state index in [-0.39, 0.29) is 11.0 Å². The molecule has 6 nitrogen and oxygen atoms in total. The predicted molar refractivity (Wildman–Crippen MR) is 137 cm³/mol. The van der Waals surface area contributed by atoms with Gasteiger partial charge in [0.05, 0.1) is 5.39 Å². The summed E-state index contributed by atoms with van der Waals surface area (Å²) in [6.07, 6.45) is 2.54. The molecule has 0 unspecified atom stereocenters. The monoisotopic (exact) mass is 482 g/mol. The number of hydrogen-bond donors (Lipinski definition) is 1. The third-order valence-electron chi connectivity index (χ3n) is 6.08. The molecule has 36 heavy (non-hydrogen) atoms. The lowest BCUT2D eigenvalue weighted by molar-refractivity contribution is 0.227. The molecule has 2 aromatic carbocycles. The Bertz CT molecular complexity index is 1700. The van der Waals surface area contributed by atoms with Crippen LogP contribution in [-0.2, 0) is 0 Å². The van der Waals surface area contributed by atoms with Crippen molar-refractivity contribution in [3.8, 4) is 28.3 Å². The summed E-state index contributed by atoms with van der Waals surface area (Å²) in [6, 6.07) is 16.5. The van der Waals surface area contributed by atoms with E-state index in [4.69, 9.17) is 9.15 Å². The zero-order chi connectivity index (χ0) is 25.4. The smallest absolute Gasteiger partial charge is 0.247 e. The Balaban J connectivity index is 1.64. The maximum Gasteiger partial charge on any atom is 0.247 e. The highest BCUT2D eigenvalue weighted by Crippen LogP contribution is 2.35. The quantitative estimate of drug-likeness (QED) is 0.327. The standard InChI is InChI=1S/C29H23FN2O4/c1-16-13-21(18(3)35-24-9-6-12-31-26(24)20-7-4-5-8-23(20)30)29-22(14-16)27(34)17(2)28(36-29)19-10-11-25(33)32-15-19/h4-15,18H,1-3H3,(H,32,33)/t18-/m1/s1. The zero-order valence-electron chi connectivity index (χ0n) is 20.0. The van der Waals surface area contributed by atoms with Crippen LogP contribution in [0, 0.1) is 19.7 Å². The van der Waals surface area contributed by atoms with E-state index in [9.17, 15) is 14.0 Å². The molecule has 0 bridgehead atoms. The third-order valence-corrected chi connectivity index (χ3v) is 6.08. The fourth-order valence-electron chi connectivity index (χ4n) is 4.29. The molecule has 0 amide bonds. The highest BCUT2D eigenvalue weighted by Gasteiger charge is 2.21. The highest BCUT2D eigenvalue weighted by molar-refractivity contribution is 5.84. The van der Waals surface area contributed by atoms with Crippen LogP contribution < -0.4 is 15.7 Å². The number of halogens is 1. The van der Waals surface area contributed by atoms with Gasteiger partial charge in [0.2, 0.25) is 5.56 Å². The van der Waals surface area contributed by atoms with Gasteiger partial charge in [0, 0.05) is 40.7 Å². The minimum Gasteiger partial charge on any atom is -0.484 e. The fourth-order valence-corrected chi connectivity index (χ4v) is 4.29. The van der Waals surface area contributed by atoms with Gasteiger partial charge in [0.25, 0.3) is 0 Å². The maximum absolute atomic E-state index is 14.5. The summed E-state index contributed by atoms with van der Waals surface area (Å²) in [5.41, 5.74) is 3.24. The minimum atomic E-state index is -0.559. The molecule has 0 saturated carbocycles. The number of rotatable bonds is 5. The molecule has 180 valence electrons. The molecule has 0 aliphatic rings. The number of aromatic amines is 1. The van der Waals surface area contributed by atoms with Gasteiger partial charge in [0.1, 0.15) is 34.7 Å². The minimum absolute atomic E-state index is 0.164. The highest BCUT2D eigenvalue weighted by atomic mass is 19.1. The number of ether oxygens (including phenoxy) is 1. The molecule has 0 radical (unpaired) electrons. The number of fused-ring (bicyclic) bond motifs is 1. The van der Waals surface area contributed by atoms with E-state index in [0.29, 0.717) is 50.4 Å². The van der Waals surface area contributed by atoms with Gasteiger partial charge in [-0.1, -0.05) is 12.1 Å². The second-order valence-corrected chi connectivity index (χ2v) is 8.65. The van der Waals surface area contributed by atoms with Crippen molar-refractivity contribution < 1.29 is 13.5 Å². The number of aryl methyl sites for hydroxylation is 1. The third kappa shape index (κ3) is 4.20. The Kier molecular flexibility index (Phi) is 5.98. The molecule has 0 saturated heterocycles. The molecule has 7 heteroatoms. The molecule has 3 heterocycles. The molecule has 5 aromatic rings. The lowest BCUT2D eigenvalue weighted by Gasteiger charge is -2.19. The van der Waals surface area contributed by atoms with Crippen molar-refractivity contribution >= 4 is 11.0 Å². The van der Waals surface area contributed by atoms with E-state index >= 15 is 0 Å². The van der Waals surface area contributed by atoms with Crippen molar-refractivity contribution in [2.75, 3.05) is 0 Å². The number of hydrogen-bond acceptors (Lipinski definition) is 5. The van der Waals surface area contributed by atoms with Crippen LogP contribution in [-0.4, -0.2) is 9.97 Å². The molecule has 0 aliphatic heterocycles. The molecule has 1 atom stereocenters. The SMILES string of the molecule is Cc1cc([C@@H](C)Oc2cccnc2-c2ccccc2F)c2oc(-c3ccc(=O)[nH]c3)c(C)c(=O)c2c1. The molecule has 0 fully saturated rings. The molecule has 3 aromatic heterocycles. The lowest BCUT2D eigenvalue weighted by atomic mass is 10.00. The fraction of sp³-hybridized carbons (Fsp3) is 0.138. The first-order chi connectivity index (χ1) is 17.3. The van der Waals surface area contributed by atoms with E-state index in [2.05, 4.69) is 9.97 Å². The average molecular weight is 483 g/mol. The van der Waals surface area contributed by atoms with Gasteiger partial charge in [-0.25, -0.2) is 4.39 Å². The van der Waals surface area contributed by atoms with Gasteiger partial charge in [0.15, 0.2) is 5.43 Å². The molecule has 1 N–H and O–H groups in total. The van der Waals surface area contributed by atoms with Gasteiger partial charge in [-0.2, -0.15) is 0 Å². The average Bonchev–Trinajstić information content (AvgIpc) is 2.87. The van der Waals surface area contributed by atoms with E-state index in [1.807, 2.05) is 19.9 Å². The number of pyridine rings is 2. The summed E-state index contributed by atoms with van der Waals surface area (Å²) >= 11 is 0. The topological polar surface area (TPSA) is 85.2 Å². The number of nitrogens with zero attached hydrogens (tertiary/aromatic N) is 1. The summed E-state index contributed by atoms with van der Waals surface area (Å²) < 4.78 is 27.1. The van der Waals surface area contributed by atoms with Gasteiger partial charge in [-0.05, 0) is 68.8 Å². The van der Waals surface area contributed by atoms with Crippen molar-refractivity contribution in [3.63, 3.8) is 0 Å². The second-order valence-electron chi connectivity index (χ2n) is 8.65. The van der Waals surface area contributed by atoms with Crippen LogP contribution in [0.3, 0.4) is 0 Å². The second kappa shape index (κ2) is 9.26. The Morgan fingerprint density at radius 1 is 1.03 bits per heavy atom. The van der Waals surface area contributed by atoms with Gasteiger partial charge < -0.3 is 14.1 Å². The van der Waals surface area contributed by atoms with Crippen molar-refractivity contribution in [1.29, 1.82) is 0 Å². The van der Waals surface area contributed by atoms with Crippen molar-refractivity contribution in [2.24, 2.45) is 0 Å². The van der Waals surface area contributed by atoms with Gasteiger partial charge >= 0.3 is 0 Å². The summed E-state index contributed by atoms with van der Waals surface area (Å²) in [7, 11) is 0. The summed E-state index contributed by atoms with van der Waals surface area (Å²) in [4.78, 5) is 31.8.